The summed E-state index contributed by atoms with van der Waals surface area (Å²) in [7, 11) is 0. The first-order valence-corrected chi connectivity index (χ1v) is 5.47. The molecule has 6 heteroatoms. The van der Waals surface area contributed by atoms with E-state index in [4.69, 9.17) is 0 Å². The Bertz CT molecular complexity index is 382. The normalized spacial score (nSPS) is 11.2. The third-order valence-electron chi connectivity index (χ3n) is 3.07. The van der Waals surface area contributed by atoms with Crippen LogP contribution in [0.15, 0.2) is 16.9 Å². The second kappa shape index (κ2) is 5.47. The third-order valence-corrected chi connectivity index (χ3v) is 3.07. The SMILES string of the molecule is CCC(CC)(CNC(=O)c1ccon1)C(=O)O. The maximum absolute atomic E-state index is 11.6. The summed E-state index contributed by atoms with van der Waals surface area (Å²) in [6.45, 7) is 3.67. The van der Waals surface area contributed by atoms with Crippen LogP contribution in [0.4, 0.5) is 0 Å². The van der Waals surface area contributed by atoms with Crippen molar-refractivity contribution in [3.8, 4) is 0 Å². The van der Waals surface area contributed by atoms with Gasteiger partial charge in [0.1, 0.15) is 6.26 Å². The van der Waals surface area contributed by atoms with E-state index in [0.29, 0.717) is 12.8 Å². The highest BCUT2D eigenvalue weighted by Crippen LogP contribution is 2.25. The Morgan fingerprint density at radius 2 is 2.12 bits per heavy atom. The van der Waals surface area contributed by atoms with Gasteiger partial charge >= 0.3 is 5.97 Å². The summed E-state index contributed by atoms with van der Waals surface area (Å²) >= 11 is 0. The lowest BCUT2D eigenvalue weighted by Gasteiger charge is -2.26. The number of hydrogen-bond donors (Lipinski definition) is 2. The summed E-state index contributed by atoms with van der Waals surface area (Å²) in [5, 5.41) is 15.2. The van der Waals surface area contributed by atoms with Crippen molar-refractivity contribution >= 4 is 11.9 Å². The molecule has 1 amide bonds. The lowest BCUT2D eigenvalue weighted by molar-refractivity contribution is -0.149. The first-order valence-electron chi connectivity index (χ1n) is 5.47. The van der Waals surface area contributed by atoms with Gasteiger partial charge in [-0.2, -0.15) is 0 Å². The van der Waals surface area contributed by atoms with Crippen molar-refractivity contribution in [1.82, 2.24) is 10.5 Å². The van der Waals surface area contributed by atoms with Gasteiger partial charge in [-0.15, -0.1) is 0 Å². The van der Waals surface area contributed by atoms with Crippen LogP contribution in [-0.2, 0) is 4.79 Å². The van der Waals surface area contributed by atoms with Gasteiger partial charge in [-0.1, -0.05) is 19.0 Å². The largest absolute Gasteiger partial charge is 0.481 e. The predicted molar refractivity (Wildman–Crippen MR) is 59.5 cm³/mol. The minimum Gasteiger partial charge on any atom is -0.481 e. The number of nitrogens with one attached hydrogen (secondary N) is 1. The zero-order valence-electron chi connectivity index (χ0n) is 9.90. The zero-order valence-corrected chi connectivity index (χ0v) is 9.90. The average Bonchev–Trinajstić information content (AvgIpc) is 2.84. The minimum atomic E-state index is -0.917. The summed E-state index contributed by atoms with van der Waals surface area (Å²) in [5.41, 5.74) is -0.768. The monoisotopic (exact) mass is 240 g/mol. The molecule has 0 spiro atoms. The average molecular weight is 240 g/mol. The highest BCUT2D eigenvalue weighted by molar-refractivity contribution is 5.92. The van der Waals surface area contributed by atoms with Crippen LogP contribution < -0.4 is 5.32 Å². The van der Waals surface area contributed by atoms with Crippen LogP contribution in [0.1, 0.15) is 37.2 Å². The number of aliphatic carboxylic acids is 1. The molecular formula is C11H16N2O4. The van der Waals surface area contributed by atoms with E-state index in [-0.39, 0.29) is 12.2 Å². The molecule has 94 valence electrons. The van der Waals surface area contributed by atoms with Gasteiger partial charge in [0, 0.05) is 12.6 Å². The predicted octanol–water partition coefficient (Wildman–Crippen LogP) is 1.30. The standard InChI is InChI=1S/C11H16N2O4/c1-3-11(4-2,10(15)16)7-12-9(14)8-5-6-17-13-8/h5-6H,3-4,7H2,1-2H3,(H,12,14)(H,15,16). The lowest BCUT2D eigenvalue weighted by Crippen LogP contribution is -2.42. The number of nitrogens with zero attached hydrogens (tertiary/aromatic N) is 1. The molecule has 1 rings (SSSR count). The topological polar surface area (TPSA) is 92.4 Å². The van der Waals surface area contributed by atoms with E-state index < -0.39 is 17.3 Å². The molecule has 0 fully saturated rings. The second-order valence-corrected chi connectivity index (χ2v) is 3.86. The van der Waals surface area contributed by atoms with E-state index in [1.54, 1.807) is 13.8 Å². The van der Waals surface area contributed by atoms with Crippen LogP contribution in [0.3, 0.4) is 0 Å². The third kappa shape index (κ3) is 2.83. The number of hydrogen-bond acceptors (Lipinski definition) is 4. The quantitative estimate of drug-likeness (QED) is 0.781. The molecule has 0 unspecified atom stereocenters. The van der Waals surface area contributed by atoms with Crippen molar-refractivity contribution in [3.05, 3.63) is 18.0 Å². The van der Waals surface area contributed by atoms with Gasteiger partial charge in [-0.3, -0.25) is 9.59 Å². The van der Waals surface area contributed by atoms with Gasteiger partial charge in [-0.25, -0.2) is 0 Å². The van der Waals surface area contributed by atoms with Crippen molar-refractivity contribution in [1.29, 1.82) is 0 Å². The van der Waals surface area contributed by atoms with E-state index in [2.05, 4.69) is 15.0 Å². The number of aromatic nitrogens is 1. The van der Waals surface area contributed by atoms with Crippen molar-refractivity contribution in [3.63, 3.8) is 0 Å². The molecule has 0 aliphatic carbocycles. The molecule has 1 aromatic heterocycles. The van der Waals surface area contributed by atoms with E-state index in [0.717, 1.165) is 0 Å². The van der Waals surface area contributed by atoms with Gasteiger partial charge in [0.2, 0.25) is 0 Å². The summed E-state index contributed by atoms with van der Waals surface area (Å²) in [6.07, 6.45) is 2.20. The molecule has 17 heavy (non-hydrogen) atoms. The lowest BCUT2D eigenvalue weighted by atomic mass is 9.82. The number of rotatable bonds is 6. The number of amides is 1. The van der Waals surface area contributed by atoms with E-state index >= 15 is 0 Å². The molecule has 0 saturated carbocycles. The Labute approximate surface area is 99.0 Å². The molecule has 1 aromatic rings. The summed E-state index contributed by atoms with van der Waals surface area (Å²) < 4.78 is 4.54. The van der Waals surface area contributed by atoms with Crippen LogP contribution >= 0.6 is 0 Å². The molecule has 0 saturated heterocycles. The molecule has 0 radical (unpaired) electrons. The maximum Gasteiger partial charge on any atom is 0.311 e. The molecule has 2 N–H and O–H groups in total. The molecule has 6 nitrogen and oxygen atoms in total. The van der Waals surface area contributed by atoms with Crippen molar-refractivity contribution in [2.45, 2.75) is 26.7 Å². The Morgan fingerprint density at radius 1 is 1.47 bits per heavy atom. The van der Waals surface area contributed by atoms with Crippen molar-refractivity contribution in [2.24, 2.45) is 5.41 Å². The fraction of sp³-hybridized carbons (Fsp3) is 0.545. The first-order chi connectivity index (χ1) is 8.05. The molecule has 0 aromatic carbocycles. The Balaban J connectivity index is 2.65. The van der Waals surface area contributed by atoms with Crippen LogP contribution in [0, 0.1) is 5.41 Å². The van der Waals surface area contributed by atoms with Crippen LogP contribution in [0.25, 0.3) is 0 Å². The van der Waals surface area contributed by atoms with Crippen molar-refractivity contribution in [2.75, 3.05) is 6.54 Å². The van der Waals surface area contributed by atoms with E-state index in [1.807, 2.05) is 0 Å². The van der Waals surface area contributed by atoms with Crippen molar-refractivity contribution < 1.29 is 19.2 Å². The summed E-state index contributed by atoms with van der Waals surface area (Å²) in [4.78, 5) is 22.8. The Morgan fingerprint density at radius 3 is 2.53 bits per heavy atom. The Kier molecular flexibility index (Phi) is 4.25. The van der Waals surface area contributed by atoms with E-state index in [1.165, 1.54) is 12.3 Å². The molecule has 0 aliphatic rings. The second-order valence-electron chi connectivity index (χ2n) is 3.86. The van der Waals surface area contributed by atoms with Gasteiger partial charge in [0.15, 0.2) is 5.69 Å². The smallest absolute Gasteiger partial charge is 0.311 e. The van der Waals surface area contributed by atoms with Gasteiger partial charge in [0.25, 0.3) is 5.91 Å². The molecule has 0 atom stereocenters. The van der Waals surface area contributed by atoms with Crippen LogP contribution in [0.5, 0.6) is 0 Å². The number of carbonyl (C=O) groups is 2. The summed E-state index contributed by atoms with van der Waals surface area (Å²) in [6, 6.07) is 1.43. The van der Waals surface area contributed by atoms with Crippen LogP contribution in [0.2, 0.25) is 0 Å². The highest BCUT2D eigenvalue weighted by Gasteiger charge is 2.35. The number of carbonyl (C=O) groups excluding carboxylic acids is 1. The zero-order chi connectivity index (χ0) is 12.9. The maximum atomic E-state index is 11.6. The fourth-order valence-electron chi connectivity index (χ4n) is 1.55. The van der Waals surface area contributed by atoms with Gasteiger partial charge < -0.3 is 14.9 Å². The van der Waals surface area contributed by atoms with Gasteiger partial charge in [-0.05, 0) is 12.8 Å². The molecule has 0 aliphatic heterocycles. The Hall–Kier alpha value is -1.85. The first kappa shape index (κ1) is 13.2. The van der Waals surface area contributed by atoms with E-state index in [9.17, 15) is 14.7 Å². The van der Waals surface area contributed by atoms with Gasteiger partial charge in [0.05, 0.1) is 5.41 Å². The number of carboxylic acids is 1. The summed E-state index contributed by atoms with van der Waals surface area (Å²) in [5.74, 6) is -1.32. The molecule has 0 bridgehead atoms. The van der Waals surface area contributed by atoms with Crippen LogP contribution in [-0.4, -0.2) is 28.7 Å². The fourth-order valence-corrected chi connectivity index (χ4v) is 1.55. The minimum absolute atomic E-state index is 0.0844. The molecular weight excluding hydrogens is 224 g/mol. The number of carboxylic acid groups (broad SMARTS) is 1. The highest BCUT2D eigenvalue weighted by atomic mass is 16.5. The molecule has 1 heterocycles.